The minimum absolute atomic E-state index is 0.00346. The second-order valence-electron chi connectivity index (χ2n) is 7.89. The molecule has 0 N–H and O–H groups in total. The van der Waals surface area contributed by atoms with Crippen molar-refractivity contribution in [3.63, 3.8) is 0 Å². The largest absolute Gasteiger partial charge is 0.467 e. The SMILES string of the molecule is Cc1cccn2c(=O)c3cc(C#N)c(=NC(=O)c4ccccc4[N+](=O)[O-])n(Cc4ccco4)c3nc12. The second kappa shape index (κ2) is 8.77. The Hall–Kier alpha value is -5.37. The molecule has 4 heterocycles. The lowest BCUT2D eigenvalue weighted by Gasteiger charge is -2.13. The average molecular weight is 480 g/mol. The third-order valence-corrected chi connectivity index (χ3v) is 5.66. The Balaban J connectivity index is 1.89. The van der Waals surface area contributed by atoms with E-state index in [2.05, 4.69) is 9.98 Å². The fourth-order valence-corrected chi connectivity index (χ4v) is 3.97. The van der Waals surface area contributed by atoms with Crippen molar-refractivity contribution in [2.45, 2.75) is 13.5 Å². The van der Waals surface area contributed by atoms with Crippen LogP contribution in [0, 0.1) is 28.4 Å². The zero-order valence-corrected chi connectivity index (χ0v) is 18.8. The van der Waals surface area contributed by atoms with Crippen LogP contribution in [0.5, 0.6) is 0 Å². The summed E-state index contributed by atoms with van der Waals surface area (Å²) in [6.45, 7) is 1.80. The monoisotopic (exact) mass is 480 g/mol. The number of pyridine rings is 2. The Bertz CT molecular complexity index is 1860. The van der Waals surface area contributed by atoms with Crippen LogP contribution >= 0.6 is 0 Å². The van der Waals surface area contributed by atoms with Gasteiger partial charge in [0.2, 0.25) is 0 Å². The van der Waals surface area contributed by atoms with Gasteiger partial charge in [0.25, 0.3) is 17.2 Å². The lowest BCUT2D eigenvalue weighted by molar-refractivity contribution is -0.385. The van der Waals surface area contributed by atoms with Gasteiger partial charge in [-0.3, -0.25) is 24.1 Å². The molecule has 11 nitrogen and oxygen atoms in total. The number of hydrogen-bond donors (Lipinski definition) is 0. The number of nitriles is 1. The van der Waals surface area contributed by atoms with Crippen LogP contribution in [0.3, 0.4) is 0 Å². The summed E-state index contributed by atoms with van der Waals surface area (Å²) in [6.07, 6.45) is 3.04. The number of benzene rings is 1. The van der Waals surface area contributed by atoms with Crippen molar-refractivity contribution in [1.82, 2.24) is 14.0 Å². The molecule has 36 heavy (non-hydrogen) atoms. The molecule has 11 heteroatoms. The number of aryl methyl sites for hydroxylation is 1. The molecule has 5 aromatic rings. The van der Waals surface area contributed by atoms with Crippen LogP contribution in [0.15, 0.2) is 81.3 Å². The molecule has 0 fully saturated rings. The third kappa shape index (κ3) is 3.72. The Morgan fingerprint density at radius 2 is 2.00 bits per heavy atom. The highest BCUT2D eigenvalue weighted by atomic mass is 16.6. The van der Waals surface area contributed by atoms with E-state index >= 15 is 0 Å². The first-order valence-electron chi connectivity index (χ1n) is 10.7. The van der Waals surface area contributed by atoms with Gasteiger partial charge in [0.05, 0.1) is 28.7 Å². The van der Waals surface area contributed by atoms with Gasteiger partial charge in [0.15, 0.2) is 5.49 Å². The summed E-state index contributed by atoms with van der Waals surface area (Å²) < 4.78 is 8.28. The molecule has 0 aliphatic heterocycles. The second-order valence-corrected chi connectivity index (χ2v) is 7.89. The molecule has 0 aliphatic rings. The number of rotatable bonds is 4. The quantitative estimate of drug-likeness (QED) is 0.218. The molecule has 0 saturated carbocycles. The van der Waals surface area contributed by atoms with Crippen molar-refractivity contribution in [2.75, 3.05) is 0 Å². The molecule has 176 valence electrons. The highest BCUT2D eigenvalue weighted by molar-refractivity contribution is 5.98. The number of carbonyl (C=O) groups excluding carboxylic acids is 1. The number of nitro benzene ring substituents is 1. The van der Waals surface area contributed by atoms with Crippen LogP contribution in [-0.2, 0) is 6.54 Å². The maximum Gasteiger partial charge on any atom is 0.285 e. The van der Waals surface area contributed by atoms with Crippen molar-refractivity contribution in [3.05, 3.63) is 115 Å². The highest BCUT2D eigenvalue weighted by Crippen LogP contribution is 2.19. The number of carbonyl (C=O) groups is 1. The van der Waals surface area contributed by atoms with E-state index in [1.54, 1.807) is 37.4 Å². The summed E-state index contributed by atoms with van der Waals surface area (Å²) >= 11 is 0. The van der Waals surface area contributed by atoms with Gasteiger partial charge in [0, 0.05) is 12.3 Å². The van der Waals surface area contributed by atoms with Crippen LogP contribution in [0.4, 0.5) is 5.69 Å². The van der Waals surface area contributed by atoms with E-state index in [0.29, 0.717) is 11.4 Å². The molecule has 0 unspecified atom stereocenters. The van der Waals surface area contributed by atoms with Gasteiger partial charge in [-0.05, 0) is 42.8 Å². The Morgan fingerprint density at radius 3 is 2.72 bits per heavy atom. The number of nitrogens with zero attached hydrogens (tertiary/aromatic N) is 6. The van der Waals surface area contributed by atoms with Crippen molar-refractivity contribution < 1.29 is 14.1 Å². The topological polar surface area (TPSA) is 149 Å². The lowest BCUT2D eigenvalue weighted by atomic mass is 10.1. The zero-order chi connectivity index (χ0) is 25.4. The number of hydrogen-bond acceptors (Lipinski definition) is 7. The molecule has 0 bridgehead atoms. The zero-order valence-electron chi connectivity index (χ0n) is 18.8. The van der Waals surface area contributed by atoms with E-state index < -0.39 is 22.1 Å². The average Bonchev–Trinajstić information content (AvgIpc) is 3.39. The predicted octanol–water partition coefficient (Wildman–Crippen LogP) is 3.12. The number of furan rings is 1. The molecule has 0 saturated heterocycles. The van der Waals surface area contributed by atoms with Gasteiger partial charge in [-0.2, -0.15) is 10.3 Å². The number of aromatic nitrogens is 3. The van der Waals surface area contributed by atoms with Crippen LogP contribution in [0.25, 0.3) is 16.7 Å². The van der Waals surface area contributed by atoms with Crippen molar-refractivity contribution in [2.24, 2.45) is 4.99 Å². The first kappa shape index (κ1) is 22.4. The van der Waals surface area contributed by atoms with Gasteiger partial charge in [-0.1, -0.05) is 18.2 Å². The molecular formula is C25H16N6O5. The van der Waals surface area contributed by atoms with Gasteiger partial charge in [0.1, 0.15) is 28.7 Å². The molecule has 5 rings (SSSR count). The molecule has 4 aromatic heterocycles. The molecule has 0 aliphatic carbocycles. The van der Waals surface area contributed by atoms with E-state index in [1.165, 1.54) is 45.6 Å². The number of para-hydroxylation sites is 1. The van der Waals surface area contributed by atoms with Gasteiger partial charge >= 0.3 is 0 Å². The predicted molar refractivity (Wildman–Crippen MR) is 127 cm³/mol. The normalized spacial score (nSPS) is 11.6. The standard InChI is InChI=1S/C25H16N6O5/c1-15-6-4-10-29-21(15)27-23-19(25(29)33)12-16(13-26)22(30(23)14-17-7-5-11-36-17)28-24(32)18-8-2-3-9-20(18)31(34)35/h2-12H,14H2,1H3. The van der Waals surface area contributed by atoms with Crippen LogP contribution in [-0.4, -0.2) is 24.8 Å². The summed E-state index contributed by atoms with van der Waals surface area (Å²) in [6, 6.07) is 15.6. The van der Waals surface area contributed by atoms with Crippen LogP contribution in [0.2, 0.25) is 0 Å². The Morgan fingerprint density at radius 1 is 1.19 bits per heavy atom. The molecule has 0 atom stereocenters. The number of nitro groups is 1. The van der Waals surface area contributed by atoms with E-state index in [9.17, 15) is 25.0 Å². The maximum atomic E-state index is 13.3. The summed E-state index contributed by atoms with van der Waals surface area (Å²) in [5, 5.41) is 21.5. The fraction of sp³-hybridized carbons (Fsp3) is 0.0800. The summed E-state index contributed by atoms with van der Waals surface area (Å²) in [7, 11) is 0. The van der Waals surface area contributed by atoms with Crippen molar-refractivity contribution >= 4 is 28.3 Å². The third-order valence-electron chi connectivity index (χ3n) is 5.66. The smallest absolute Gasteiger partial charge is 0.285 e. The first-order chi connectivity index (χ1) is 17.4. The van der Waals surface area contributed by atoms with Gasteiger partial charge in [-0.25, -0.2) is 4.98 Å². The lowest BCUT2D eigenvalue weighted by Crippen LogP contribution is -2.30. The van der Waals surface area contributed by atoms with Crippen molar-refractivity contribution in [1.29, 1.82) is 5.26 Å². The van der Waals surface area contributed by atoms with Crippen molar-refractivity contribution in [3.8, 4) is 6.07 Å². The molecule has 0 spiro atoms. The fourth-order valence-electron chi connectivity index (χ4n) is 3.97. The molecular weight excluding hydrogens is 464 g/mol. The molecule has 1 amide bonds. The summed E-state index contributed by atoms with van der Waals surface area (Å²) in [5.41, 5.74) is 0.0731. The molecule has 1 aromatic carbocycles. The van der Waals surface area contributed by atoms with E-state index in [0.717, 1.165) is 5.56 Å². The minimum Gasteiger partial charge on any atom is -0.467 e. The van der Waals surface area contributed by atoms with Gasteiger partial charge in [-0.15, -0.1) is 0 Å². The summed E-state index contributed by atoms with van der Waals surface area (Å²) in [5.74, 6) is -0.460. The highest BCUT2D eigenvalue weighted by Gasteiger charge is 2.21. The van der Waals surface area contributed by atoms with E-state index in [1.807, 2.05) is 6.07 Å². The Labute approximate surface area is 202 Å². The first-order valence-corrected chi connectivity index (χ1v) is 10.7. The Kier molecular flexibility index (Phi) is 5.46. The number of amides is 1. The van der Waals surface area contributed by atoms with Crippen LogP contribution < -0.4 is 11.0 Å². The minimum atomic E-state index is -0.917. The van der Waals surface area contributed by atoms with Gasteiger partial charge < -0.3 is 8.98 Å². The summed E-state index contributed by atoms with van der Waals surface area (Å²) in [4.78, 5) is 46.0. The number of fused-ring (bicyclic) bond motifs is 2. The maximum absolute atomic E-state index is 13.3. The van der Waals surface area contributed by atoms with E-state index in [4.69, 9.17) is 4.42 Å². The van der Waals surface area contributed by atoms with Crippen LogP contribution in [0.1, 0.15) is 27.2 Å². The van der Waals surface area contributed by atoms with E-state index in [-0.39, 0.29) is 34.2 Å². The molecule has 0 radical (unpaired) electrons.